The first-order valence-electron chi connectivity index (χ1n) is 6.75. The molecule has 5 heteroatoms. The molecule has 0 bridgehead atoms. The molecule has 5 nitrogen and oxygen atoms in total. The Morgan fingerprint density at radius 2 is 1.78 bits per heavy atom. The monoisotopic (exact) mass is 255 g/mol. The number of aliphatic hydroxyl groups is 1. The molecule has 1 amide bonds. The molecule has 0 spiro atoms. The Bertz CT molecular complexity index is 331. The number of hydrogen-bond donors (Lipinski definition) is 3. The normalized spacial score (nSPS) is 35.6. The Labute approximate surface area is 107 Å². The number of amides is 1. The number of carbonyl (C=O) groups excluding carboxylic acids is 1. The summed E-state index contributed by atoms with van der Waals surface area (Å²) in [5.41, 5.74) is 0. The van der Waals surface area contributed by atoms with Gasteiger partial charge in [0.15, 0.2) is 0 Å². The molecule has 2 fully saturated rings. The maximum Gasteiger partial charge on any atom is 0.306 e. The minimum atomic E-state index is -0.788. The first-order chi connectivity index (χ1) is 8.56. The lowest BCUT2D eigenvalue weighted by Gasteiger charge is -2.14. The summed E-state index contributed by atoms with van der Waals surface area (Å²) in [4.78, 5) is 22.7. The number of aliphatic hydroxyl groups excluding tert-OH is 1. The van der Waals surface area contributed by atoms with E-state index < -0.39 is 5.97 Å². The van der Waals surface area contributed by atoms with E-state index in [-0.39, 0.29) is 23.8 Å². The standard InChI is InChI=1S/C13H21NO4/c15-11-4-1-8(5-11)7-14-12(16)9-2-3-10(6-9)13(17)18/h8-11,15H,1-7H2,(H,14,16)(H,17,18)/t8?,9-,10+,11?/m1/s1. The molecule has 0 saturated heterocycles. The molecule has 0 aromatic rings. The number of nitrogens with one attached hydrogen (secondary N) is 1. The van der Waals surface area contributed by atoms with Crippen LogP contribution >= 0.6 is 0 Å². The number of rotatable bonds is 4. The number of carboxylic acids is 1. The van der Waals surface area contributed by atoms with Crippen molar-refractivity contribution >= 4 is 11.9 Å². The highest BCUT2D eigenvalue weighted by atomic mass is 16.4. The second-order valence-corrected chi connectivity index (χ2v) is 5.62. The molecule has 102 valence electrons. The highest BCUT2D eigenvalue weighted by Gasteiger charge is 2.34. The first kappa shape index (κ1) is 13.3. The number of carboxylic acid groups (broad SMARTS) is 1. The van der Waals surface area contributed by atoms with Crippen LogP contribution in [0.3, 0.4) is 0 Å². The lowest BCUT2D eigenvalue weighted by Crippen LogP contribution is -2.33. The van der Waals surface area contributed by atoms with E-state index >= 15 is 0 Å². The molecule has 2 aliphatic rings. The van der Waals surface area contributed by atoms with Gasteiger partial charge in [0.2, 0.25) is 5.91 Å². The van der Waals surface area contributed by atoms with Crippen LogP contribution in [0.2, 0.25) is 0 Å². The average molecular weight is 255 g/mol. The average Bonchev–Trinajstić information content (AvgIpc) is 2.94. The third-order valence-corrected chi connectivity index (χ3v) is 4.23. The van der Waals surface area contributed by atoms with Crippen molar-refractivity contribution in [2.24, 2.45) is 17.8 Å². The van der Waals surface area contributed by atoms with Crippen LogP contribution in [0.25, 0.3) is 0 Å². The molecule has 3 N–H and O–H groups in total. The quantitative estimate of drug-likeness (QED) is 0.692. The molecule has 0 heterocycles. The van der Waals surface area contributed by atoms with Gasteiger partial charge in [-0.1, -0.05) is 0 Å². The predicted octanol–water partition coefficient (Wildman–Crippen LogP) is 0.764. The SMILES string of the molecule is O=C(O)[C@H]1CC[C@@H](C(=O)NCC2CCC(O)C2)C1. The summed E-state index contributed by atoms with van der Waals surface area (Å²) in [6.45, 7) is 0.615. The lowest BCUT2D eigenvalue weighted by molar-refractivity contribution is -0.141. The van der Waals surface area contributed by atoms with Crippen LogP contribution < -0.4 is 5.32 Å². The Balaban J connectivity index is 1.71. The second-order valence-electron chi connectivity index (χ2n) is 5.62. The van der Waals surface area contributed by atoms with Gasteiger partial charge in [-0.2, -0.15) is 0 Å². The molecular formula is C13H21NO4. The summed E-state index contributed by atoms with van der Waals surface area (Å²) in [7, 11) is 0. The van der Waals surface area contributed by atoms with Gasteiger partial charge in [-0.05, 0) is 44.4 Å². The van der Waals surface area contributed by atoms with Gasteiger partial charge in [0, 0.05) is 12.5 Å². The fourth-order valence-electron chi connectivity index (χ4n) is 3.07. The summed E-state index contributed by atoms with van der Waals surface area (Å²) in [5, 5.41) is 21.2. The van der Waals surface area contributed by atoms with Crippen molar-refractivity contribution < 1.29 is 19.8 Å². The van der Waals surface area contributed by atoms with Crippen molar-refractivity contribution in [1.82, 2.24) is 5.32 Å². The fraction of sp³-hybridized carbons (Fsp3) is 0.846. The van der Waals surface area contributed by atoms with Gasteiger partial charge in [-0.3, -0.25) is 9.59 Å². The van der Waals surface area contributed by atoms with Crippen molar-refractivity contribution in [3.05, 3.63) is 0 Å². The van der Waals surface area contributed by atoms with E-state index in [1.807, 2.05) is 0 Å². The number of carbonyl (C=O) groups is 2. The molecular weight excluding hydrogens is 234 g/mol. The molecule has 0 aliphatic heterocycles. The highest BCUT2D eigenvalue weighted by Crippen LogP contribution is 2.31. The Morgan fingerprint density at radius 3 is 2.33 bits per heavy atom. The summed E-state index contributed by atoms with van der Waals surface area (Å²) >= 11 is 0. The third-order valence-electron chi connectivity index (χ3n) is 4.23. The zero-order chi connectivity index (χ0) is 13.1. The minimum absolute atomic E-state index is 0.0138. The molecule has 18 heavy (non-hydrogen) atoms. The van der Waals surface area contributed by atoms with E-state index in [0.717, 1.165) is 19.3 Å². The Morgan fingerprint density at radius 1 is 1.06 bits per heavy atom. The maximum absolute atomic E-state index is 11.9. The first-order valence-corrected chi connectivity index (χ1v) is 6.75. The maximum atomic E-state index is 11.9. The van der Waals surface area contributed by atoms with Gasteiger partial charge in [-0.25, -0.2) is 0 Å². The zero-order valence-corrected chi connectivity index (χ0v) is 10.5. The van der Waals surface area contributed by atoms with Crippen LogP contribution in [0.15, 0.2) is 0 Å². The molecule has 2 rings (SSSR count). The number of hydrogen-bond acceptors (Lipinski definition) is 3. The van der Waals surface area contributed by atoms with Crippen LogP contribution in [-0.2, 0) is 9.59 Å². The molecule has 4 atom stereocenters. The third kappa shape index (κ3) is 3.22. The van der Waals surface area contributed by atoms with E-state index in [0.29, 0.717) is 31.7 Å². The van der Waals surface area contributed by atoms with Crippen molar-refractivity contribution in [3.63, 3.8) is 0 Å². The van der Waals surface area contributed by atoms with Crippen LogP contribution in [-0.4, -0.2) is 34.7 Å². The van der Waals surface area contributed by atoms with Crippen LogP contribution in [0.4, 0.5) is 0 Å². The van der Waals surface area contributed by atoms with Gasteiger partial charge < -0.3 is 15.5 Å². The van der Waals surface area contributed by atoms with Crippen molar-refractivity contribution in [2.45, 2.75) is 44.6 Å². The molecule has 2 unspecified atom stereocenters. The molecule has 2 saturated carbocycles. The predicted molar refractivity (Wildman–Crippen MR) is 64.8 cm³/mol. The molecule has 2 aliphatic carbocycles. The second kappa shape index (κ2) is 5.69. The summed E-state index contributed by atoms with van der Waals surface area (Å²) in [6, 6.07) is 0. The van der Waals surface area contributed by atoms with Crippen LogP contribution in [0.1, 0.15) is 38.5 Å². The van der Waals surface area contributed by atoms with E-state index in [1.165, 1.54) is 0 Å². The van der Waals surface area contributed by atoms with Crippen molar-refractivity contribution in [1.29, 1.82) is 0 Å². The topological polar surface area (TPSA) is 86.6 Å². The molecule has 0 radical (unpaired) electrons. The summed E-state index contributed by atoms with van der Waals surface area (Å²) in [5.74, 6) is -0.920. The van der Waals surface area contributed by atoms with Gasteiger partial charge in [-0.15, -0.1) is 0 Å². The minimum Gasteiger partial charge on any atom is -0.481 e. The summed E-state index contributed by atoms with van der Waals surface area (Å²) in [6.07, 6.45) is 4.09. The van der Waals surface area contributed by atoms with Gasteiger partial charge in [0.25, 0.3) is 0 Å². The van der Waals surface area contributed by atoms with E-state index in [2.05, 4.69) is 5.32 Å². The Hall–Kier alpha value is -1.10. The van der Waals surface area contributed by atoms with Crippen molar-refractivity contribution in [3.8, 4) is 0 Å². The summed E-state index contributed by atoms with van der Waals surface area (Å²) < 4.78 is 0. The van der Waals surface area contributed by atoms with E-state index in [1.54, 1.807) is 0 Å². The zero-order valence-electron chi connectivity index (χ0n) is 10.5. The lowest BCUT2D eigenvalue weighted by atomic mass is 10.0. The number of aliphatic carboxylic acids is 1. The molecule has 0 aromatic heterocycles. The Kier molecular flexibility index (Phi) is 4.22. The molecule has 0 aromatic carbocycles. The largest absolute Gasteiger partial charge is 0.481 e. The van der Waals surface area contributed by atoms with Gasteiger partial charge in [0.05, 0.1) is 12.0 Å². The van der Waals surface area contributed by atoms with E-state index in [4.69, 9.17) is 5.11 Å². The van der Waals surface area contributed by atoms with E-state index in [9.17, 15) is 14.7 Å². The van der Waals surface area contributed by atoms with Crippen LogP contribution in [0, 0.1) is 17.8 Å². The highest BCUT2D eigenvalue weighted by molar-refractivity contribution is 5.80. The van der Waals surface area contributed by atoms with Crippen LogP contribution in [0.5, 0.6) is 0 Å². The smallest absolute Gasteiger partial charge is 0.306 e. The van der Waals surface area contributed by atoms with Gasteiger partial charge in [0.1, 0.15) is 0 Å². The van der Waals surface area contributed by atoms with Gasteiger partial charge >= 0.3 is 5.97 Å². The van der Waals surface area contributed by atoms with Crippen molar-refractivity contribution in [2.75, 3.05) is 6.54 Å². The fourth-order valence-corrected chi connectivity index (χ4v) is 3.07.